The minimum atomic E-state index is -4.65. The van der Waals surface area contributed by atoms with E-state index >= 15 is 0 Å². The van der Waals surface area contributed by atoms with Crippen LogP contribution < -0.4 is 15.4 Å². The fourth-order valence-electron chi connectivity index (χ4n) is 7.66. The first-order chi connectivity index (χ1) is 23.2. The number of rotatable bonds is 6. The Morgan fingerprint density at radius 1 is 0.939 bits per heavy atom. The predicted octanol–water partition coefficient (Wildman–Crippen LogP) is 7.74. The summed E-state index contributed by atoms with van der Waals surface area (Å²) >= 11 is 0. The highest BCUT2D eigenvalue weighted by Crippen LogP contribution is 2.45. The average Bonchev–Trinajstić information content (AvgIpc) is 3.48. The topological polar surface area (TPSA) is 111 Å². The van der Waals surface area contributed by atoms with Crippen molar-refractivity contribution in [2.75, 3.05) is 25.5 Å². The van der Waals surface area contributed by atoms with E-state index in [0.717, 1.165) is 69.1 Å². The molecular weight excluding hydrogens is 637 g/mol. The molecule has 2 saturated carbocycles. The number of aromatic nitrogens is 3. The molecule has 0 radical (unpaired) electrons. The number of ether oxygens (including phenoxy) is 2. The van der Waals surface area contributed by atoms with Crippen LogP contribution in [0.25, 0.3) is 10.9 Å². The Bertz CT molecular complexity index is 1640. The summed E-state index contributed by atoms with van der Waals surface area (Å²) in [6, 6.07) is 7.92. The molecule has 3 fully saturated rings. The van der Waals surface area contributed by atoms with Crippen LogP contribution in [0.1, 0.15) is 107 Å². The lowest BCUT2D eigenvalue weighted by Crippen LogP contribution is -2.49. The molecule has 13 heteroatoms. The second-order valence-corrected chi connectivity index (χ2v) is 15.0. The maximum atomic E-state index is 13.1. The second-order valence-electron chi connectivity index (χ2n) is 15.0. The molecule has 2 aromatic heterocycles. The van der Waals surface area contributed by atoms with Crippen LogP contribution in [0.2, 0.25) is 0 Å². The van der Waals surface area contributed by atoms with Gasteiger partial charge in [-0.3, -0.25) is 9.48 Å². The van der Waals surface area contributed by atoms with Gasteiger partial charge in [-0.1, -0.05) is 6.07 Å². The number of alkyl halides is 3. The second kappa shape index (κ2) is 13.8. The largest absolute Gasteiger partial charge is 0.494 e. The van der Waals surface area contributed by atoms with Crippen LogP contribution >= 0.6 is 0 Å². The molecule has 2 N–H and O–H groups in total. The third-order valence-corrected chi connectivity index (χ3v) is 10.4. The molecule has 1 spiro atoms. The molecule has 1 aliphatic heterocycles. The molecule has 2 aliphatic carbocycles. The molecule has 3 aromatic rings. The molecule has 2 amide bonds. The molecule has 1 saturated heterocycles. The van der Waals surface area contributed by atoms with E-state index in [1.54, 1.807) is 12.1 Å². The van der Waals surface area contributed by atoms with E-state index in [1.807, 2.05) is 36.5 Å². The number of pyridine rings is 1. The number of amides is 2. The maximum absolute atomic E-state index is 13.1. The van der Waals surface area contributed by atoms with Crippen molar-refractivity contribution >= 4 is 28.6 Å². The number of nitrogens with zero attached hydrogens (tertiary/aromatic N) is 4. The summed E-state index contributed by atoms with van der Waals surface area (Å²) in [6.07, 6.45) is 8.04. The van der Waals surface area contributed by atoms with Crippen LogP contribution in [0.3, 0.4) is 0 Å². The number of nitrogens with one attached hydrogen (secondary N) is 2. The number of likely N-dealkylation sites (tertiary alicyclic amines) is 1. The van der Waals surface area contributed by atoms with Crippen LogP contribution in [0.15, 0.2) is 36.5 Å². The Labute approximate surface area is 285 Å². The van der Waals surface area contributed by atoms with E-state index in [1.165, 1.54) is 38.9 Å². The first-order valence-electron chi connectivity index (χ1n) is 17.4. The zero-order valence-corrected chi connectivity index (χ0v) is 28.7. The van der Waals surface area contributed by atoms with Crippen molar-refractivity contribution in [3.63, 3.8) is 0 Å². The first kappa shape index (κ1) is 35.0. The van der Waals surface area contributed by atoms with Gasteiger partial charge in [-0.2, -0.15) is 18.3 Å². The van der Waals surface area contributed by atoms with Crippen LogP contribution in [0.5, 0.6) is 5.75 Å². The Kier molecular flexibility index (Phi) is 9.85. The standard InChI is InChI=1S/C36H47F3N6O4/c1-34(2,3)49-33(47)44-18-16-35(17-19-44)14-12-25(13-15-35)40-24-8-10-26(11-9-24)45-22-23-20-29(30(48-4)21-28(23)43-45)42-32(46)27-6-5-7-31(41-27)36(37,38)39/h5-7,20-22,24-26,40H,8-19H2,1-4H3,(H,42,46)/t24-,26-. The van der Waals surface area contributed by atoms with E-state index in [2.05, 4.69) is 15.6 Å². The molecule has 10 nitrogen and oxygen atoms in total. The normalized spacial score (nSPS) is 21.9. The lowest BCUT2D eigenvalue weighted by Gasteiger charge is -2.46. The Balaban J connectivity index is 0.997. The highest BCUT2D eigenvalue weighted by molar-refractivity contribution is 6.05. The molecule has 0 bridgehead atoms. The molecule has 6 rings (SSSR count). The smallest absolute Gasteiger partial charge is 0.433 e. The molecule has 0 atom stereocenters. The fraction of sp³-hybridized carbons (Fsp3) is 0.611. The predicted molar refractivity (Wildman–Crippen MR) is 180 cm³/mol. The number of benzene rings is 1. The van der Waals surface area contributed by atoms with E-state index in [4.69, 9.17) is 14.6 Å². The molecule has 1 aromatic carbocycles. The quantitative estimate of drug-likeness (QED) is 0.273. The lowest BCUT2D eigenvalue weighted by atomic mass is 9.67. The minimum Gasteiger partial charge on any atom is -0.494 e. The van der Waals surface area contributed by atoms with Crippen molar-refractivity contribution in [3.05, 3.63) is 47.9 Å². The number of anilines is 1. The molecule has 49 heavy (non-hydrogen) atoms. The molecule has 3 aliphatic rings. The fourth-order valence-corrected chi connectivity index (χ4v) is 7.66. The Morgan fingerprint density at radius 3 is 2.24 bits per heavy atom. The third-order valence-electron chi connectivity index (χ3n) is 10.4. The van der Waals surface area contributed by atoms with Crippen molar-refractivity contribution < 1.29 is 32.2 Å². The highest BCUT2D eigenvalue weighted by atomic mass is 19.4. The van der Waals surface area contributed by atoms with Gasteiger partial charge in [0.2, 0.25) is 0 Å². The zero-order chi connectivity index (χ0) is 35.0. The van der Waals surface area contributed by atoms with Gasteiger partial charge < -0.3 is 25.0 Å². The molecule has 266 valence electrons. The summed E-state index contributed by atoms with van der Waals surface area (Å²) in [5.74, 6) is -0.410. The van der Waals surface area contributed by atoms with Gasteiger partial charge in [0.1, 0.15) is 22.7 Å². The number of carbonyl (C=O) groups is 2. The monoisotopic (exact) mass is 684 g/mol. The number of halogens is 3. The van der Waals surface area contributed by atoms with Gasteiger partial charge >= 0.3 is 12.3 Å². The number of methoxy groups -OCH3 is 1. The van der Waals surface area contributed by atoms with E-state index < -0.39 is 23.4 Å². The Hall–Kier alpha value is -3.87. The molecule has 3 heterocycles. The van der Waals surface area contributed by atoms with Crippen molar-refractivity contribution in [2.45, 2.75) is 115 Å². The summed E-state index contributed by atoms with van der Waals surface area (Å²) < 4.78 is 52.4. The highest BCUT2D eigenvalue weighted by Gasteiger charge is 2.40. The third kappa shape index (κ3) is 8.30. The first-order valence-corrected chi connectivity index (χ1v) is 17.4. The Morgan fingerprint density at radius 2 is 1.61 bits per heavy atom. The number of hydrogen-bond acceptors (Lipinski definition) is 7. The maximum Gasteiger partial charge on any atom is 0.433 e. The van der Waals surface area contributed by atoms with Crippen molar-refractivity contribution in [3.8, 4) is 5.75 Å². The van der Waals surface area contributed by atoms with Crippen molar-refractivity contribution in [1.29, 1.82) is 0 Å². The number of hydrogen-bond donors (Lipinski definition) is 2. The lowest BCUT2D eigenvalue weighted by molar-refractivity contribution is -0.141. The van der Waals surface area contributed by atoms with Gasteiger partial charge in [0.15, 0.2) is 0 Å². The SMILES string of the molecule is COc1cc2nn([C@H]3CC[C@H](NC4CCC5(CC4)CCN(C(=O)OC(C)(C)C)CC5)CC3)cc2cc1NC(=O)c1cccc(C(F)(F)F)n1. The number of piperidine rings is 1. The van der Waals surface area contributed by atoms with E-state index in [0.29, 0.717) is 34.5 Å². The number of carbonyl (C=O) groups excluding carboxylic acids is 2. The van der Waals surface area contributed by atoms with Crippen LogP contribution in [-0.2, 0) is 10.9 Å². The number of fused-ring (bicyclic) bond motifs is 1. The van der Waals surface area contributed by atoms with Gasteiger partial charge in [-0.15, -0.1) is 0 Å². The summed E-state index contributed by atoms with van der Waals surface area (Å²) in [5.41, 5.74) is -0.560. The summed E-state index contributed by atoms with van der Waals surface area (Å²) in [7, 11) is 1.46. The molecule has 0 unspecified atom stereocenters. The van der Waals surface area contributed by atoms with Gasteiger partial charge in [0.05, 0.1) is 24.4 Å². The summed E-state index contributed by atoms with van der Waals surface area (Å²) in [4.78, 5) is 30.7. The molecular formula is C36H47F3N6O4. The van der Waals surface area contributed by atoms with Gasteiger partial charge in [0.25, 0.3) is 5.91 Å². The van der Waals surface area contributed by atoms with Crippen LogP contribution in [0, 0.1) is 5.41 Å². The van der Waals surface area contributed by atoms with Crippen molar-refractivity contribution in [2.24, 2.45) is 5.41 Å². The minimum absolute atomic E-state index is 0.195. The summed E-state index contributed by atoms with van der Waals surface area (Å²) in [6.45, 7) is 7.28. The van der Waals surface area contributed by atoms with Gasteiger partial charge in [-0.25, -0.2) is 9.78 Å². The van der Waals surface area contributed by atoms with Crippen LogP contribution in [0.4, 0.5) is 23.7 Å². The van der Waals surface area contributed by atoms with Crippen molar-refractivity contribution in [1.82, 2.24) is 25.0 Å². The average molecular weight is 685 g/mol. The zero-order valence-electron chi connectivity index (χ0n) is 28.7. The summed E-state index contributed by atoms with van der Waals surface area (Å²) in [5, 5.41) is 12.2. The van der Waals surface area contributed by atoms with Gasteiger partial charge in [-0.05, 0) is 109 Å². The van der Waals surface area contributed by atoms with E-state index in [-0.39, 0.29) is 17.8 Å². The van der Waals surface area contributed by atoms with Gasteiger partial charge in [0, 0.05) is 42.8 Å². The van der Waals surface area contributed by atoms with Crippen LogP contribution in [-0.4, -0.2) is 69.5 Å². The van der Waals surface area contributed by atoms with E-state index in [9.17, 15) is 22.8 Å².